The Labute approximate surface area is 161 Å². The maximum atomic E-state index is 13.1. The Morgan fingerprint density at radius 3 is 2.46 bits per heavy atom. The number of nitrogens with zero attached hydrogens (tertiary/aromatic N) is 3. The molecule has 0 aliphatic carbocycles. The van der Waals surface area contributed by atoms with Crippen molar-refractivity contribution >= 4 is 17.5 Å². The van der Waals surface area contributed by atoms with Crippen LogP contribution in [0.5, 0.6) is 0 Å². The van der Waals surface area contributed by atoms with Crippen LogP contribution in [0, 0.1) is 0 Å². The van der Waals surface area contributed by atoms with Crippen LogP contribution in [0.3, 0.4) is 0 Å². The minimum absolute atomic E-state index is 0.0329. The number of carbonyl (C=O) groups is 1. The fourth-order valence-electron chi connectivity index (χ4n) is 3.19. The summed E-state index contributed by atoms with van der Waals surface area (Å²) >= 11 is 6.08. The average Bonchev–Trinajstić information content (AvgIpc) is 2.66. The van der Waals surface area contributed by atoms with Crippen molar-refractivity contribution in [3.05, 3.63) is 70.7 Å². The lowest BCUT2D eigenvalue weighted by molar-refractivity contribution is 0.0701. The predicted octanol–water partition coefficient (Wildman–Crippen LogP) is 3.23. The smallest absolute Gasteiger partial charge is 0.254 e. The number of carbonyl (C=O) groups excluding carboxylic acids is 1. The molecule has 0 bridgehead atoms. The second-order valence-electron chi connectivity index (χ2n) is 6.87. The third-order valence-corrected chi connectivity index (χ3v) is 5.09. The van der Waals surface area contributed by atoms with Crippen LogP contribution in [0.15, 0.2) is 54.6 Å². The summed E-state index contributed by atoms with van der Waals surface area (Å²) in [5.41, 5.74) is 1.79. The average molecular weight is 372 g/mol. The van der Waals surface area contributed by atoms with Crippen molar-refractivity contribution in [2.24, 2.45) is 0 Å². The highest BCUT2D eigenvalue weighted by Crippen LogP contribution is 2.15. The number of benzene rings is 2. The normalized spacial score (nSPS) is 15.8. The van der Waals surface area contributed by atoms with Crippen molar-refractivity contribution in [1.82, 2.24) is 14.7 Å². The Kier molecular flexibility index (Phi) is 6.67. The molecule has 0 atom stereocenters. The highest BCUT2D eigenvalue weighted by Gasteiger charge is 2.19. The van der Waals surface area contributed by atoms with E-state index < -0.39 is 0 Å². The van der Waals surface area contributed by atoms with Crippen LogP contribution < -0.4 is 0 Å². The van der Waals surface area contributed by atoms with Gasteiger partial charge in [0.15, 0.2) is 0 Å². The molecule has 1 saturated heterocycles. The lowest BCUT2D eigenvalue weighted by atomic mass is 10.1. The molecule has 1 amide bonds. The summed E-state index contributed by atoms with van der Waals surface area (Å²) in [5.74, 6) is 0.0329. The first-order valence-electron chi connectivity index (χ1n) is 9.11. The Bertz CT molecular complexity index is 714. The van der Waals surface area contributed by atoms with E-state index in [1.54, 1.807) is 12.1 Å². The molecule has 0 radical (unpaired) electrons. The van der Waals surface area contributed by atoms with E-state index in [-0.39, 0.29) is 5.91 Å². The van der Waals surface area contributed by atoms with Crippen LogP contribution in [0.25, 0.3) is 0 Å². The molecule has 0 aromatic heterocycles. The monoisotopic (exact) mass is 371 g/mol. The van der Waals surface area contributed by atoms with E-state index in [2.05, 4.69) is 29.0 Å². The van der Waals surface area contributed by atoms with Gasteiger partial charge in [-0.2, -0.15) is 0 Å². The van der Waals surface area contributed by atoms with E-state index in [9.17, 15) is 4.79 Å². The van der Waals surface area contributed by atoms with Gasteiger partial charge in [-0.3, -0.25) is 9.69 Å². The van der Waals surface area contributed by atoms with Gasteiger partial charge in [-0.15, -0.1) is 0 Å². The lowest BCUT2D eigenvalue weighted by Gasteiger charge is -2.34. The molecule has 1 fully saturated rings. The molecule has 26 heavy (non-hydrogen) atoms. The first-order valence-corrected chi connectivity index (χ1v) is 9.49. The highest BCUT2D eigenvalue weighted by atomic mass is 35.5. The van der Waals surface area contributed by atoms with E-state index >= 15 is 0 Å². The maximum absolute atomic E-state index is 13.1. The van der Waals surface area contributed by atoms with Gasteiger partial charge >= 0.3 is 0 Å². The minimum atomic E-state index is 0.0329. The summed E-state index contributed by atoms with van der Waals surface area (Å²) in [4.78, 5) is 19.8. The number of likely N-dealkylation sites (N-methyl/N-ethyl adjacent to an activating group) is 1. The fourth-order valence-corrected chi connectivity index (χ4v) is 3.38. The summed E-state index contributed by atoms with van der Waals surface area (Å²) in [6.07, 6.45) is 0. The van der Waals surface area contributed by atoms with Crippen LogP contribution in [0.4, 0.5) is 0 Å². The van der Waals surface area contributed by atoms with Crippen LogP contribution in [0.1, 0.15) is 15.9 Å². The molecule has 0 saturated carbocycles. The molecule has 1 heterocycles. The van der Waals surface area contributed by atoms with Crippen molar-refractivity contribution < 1.29 is 4.79 Å². The minimum Gasteiger partial charge on any atom is -0.333 e. The molecule has 0 spiro atoms. The second-order valence-corrected chi connectivity index (χ2v) is 7.30. The Hall–Kier alpha value is -1.88. The Morgan fingerprint density at radius 1 is 1.04 bits per heavy atom. The van der Waals surface area contributed by atoms with Crippen molar-refractivity contribution in [3.63, 3.8) is 0 Å². The van der Waals surface area contributed by atoms with Gasteiger partial charge in [-0.1, -0.05) is 48.0 Å². The number of amides is 1. The SMILES string of the molecule is CN1CCN(CCN(Cc2ccccc2)C(=O)c2cccc(Cl)c2)CC1. The highest BCUT2D eigenvalue weighted by molar-refractivity contribution is 6.30. The van der Waals surface area contributed by atoms with Gasteiger partial charge in [-0.05, 0) is 30.8 Å². The molecule has 5 heteroatoms. The summed E-state index contributed by atoms with van der Waals surface area (Å²) in [6, 6.07) is 17.4. The number of piperazine rings is 1. The topological polar surface area (TPSA) is 26.8 Å². The van der Waals surface area contributed by atoms with Crippen molar-refractivity contribution in [2.45, 2.75) is 6.54 Å². The summed E-state index contributed by atoms with van der Waals surface area (Å²) in [6.45, 7) is 6.50. The van der Waals surface area contributed by atoms with Gasteiger partial charge in [0.2, 0.25) is 0 Å². The number of rotatable bonds is 6. The standard InChI is InChI=1S/C21H26ClN3O/c1-23-10-12-24(13-11-23)14-15-25(17-18-6-3-2-4-7-18)21(26)19-8-5-9-20(22)16-19/h2-9,16H,10-15,17H2,1H3. The van der Waals surface area contributed by atoms with E-state index in [0.717, 1.165) is 38.3 Å². The van der Waals surface area contributed by atoms with Crippen molar-refractivity contribution in [1.29, 1.82) is 0 Å². The second kappa shape index (κ2) is 9.17. The van der Waals surface area contributed by atoms with Gasteiger partial charge < -0.3 is 9.80 Å². The van der Waals surface area contributed by atoms with Gasteiger partial charge in [-0.25, -0.2) is 0 Å². The zero-order chi connectivity index (χ0) is 18.4. The molecule has 4 nitrogen and oxygen atoms in total. The zero-order valence-electron chi connectivity index (χ0n) is 15.3. The third kappa shape index (κ3) is 5.31. The Balaban J connectivity index is 1.69. The molecule has 138 valence electrons. The summed E-state index contributed by atoms with van der Waals surface area (Å²) < 4.78 is 0. The molecular formula is C21H26ClN3O. The quantitative estimate of drug-likeness (QED) is 0.780. The summed E-state index contributed by atoms with van der Waals surface area (Å²) in [7, 11) is 2.15. The first-order chi connectivity index (χ1) is 12.6. The predicted molar refractivity (Wildman–Crippen MR) is 107 cm³/mol. The molecule has 0 N–H and O–H groups in total. The van der Waals surface area contributed by atoms with Crippen LogP contribution in [-0.2, 0) is 6.54 Å². The molecule has 2 aromatic rings. The Morgan fingerprint density at radius 2 is 1.77 bits per heavy atom. The fraction of sp³-hybridized carbons (Fsp3) is 0.381. The van der Waals surface area contributed by atoms with Gasteiger partial charge in [0.1, 0.15) is 0 Å². The van der Waals surface area contributed by atoms with Gasteiger partial charge in [0, 0.05) is 56.4 Å². The van der Waals surface area contributed by atoms with Crippen LogP contribution >= 0.6 is 11.6 Å². The maximum Gasteiger partial charge on any atom is 0.254 e. The first kappa shape index (κ1) is 18.9. The molecule has 1 aliphatic heterocycles. The van der Waals surface area contributed by atoms with Crippen LogP contribution in [0.2, 0.25) is 5.02 Å². The molecule has 3 rings (SSSR count). The van der Waals surface area contributed by atoms with Crippen LogP contribution in [-0.4, -0.2) is 66.9 Å². The molecule has 1 aliphatic rings. The number of halogens is 1. The van der Waals surface area contributed by atoms with E-state index in [1.165, 1.54) is 0 Å². The molecule has 2 aromatic carbocycles. The number of hydrogen-bond acceptors (Lipinski definition) is 3. The van der Waals surface area contributed by atoms with Crippen molar-refractivity contribution in [3.8, 4) is 0 Å². The largest absolute Gasteiger partial charge is 0.333 e. The van der Waals surface area contributed by atoms with Gasteiger partial charge in [0.05, 0.1) is 0 Å². The summed E-state index contributed by atoms with van der Waals surface area (Å²) in [5, 5.41) is 0.592. The van der Waals surface area contributed by atoms with E-state index in [4.69, 9.17) is 11.6 Å². The molecule has 0 unspecified atom stereocenters. The zero-order valence-corrected chi connectivity index (χ0v) is 16.0. The third-order valence-electron chi connectivity index (χ3n) is 4.86. The van der Waals surface area contributed by atoms with E-state index in [1.807, 2.05) is 35.2 Å². The van der Waals surface area contributed by atoms with Crippen molar-refractivity contribution in [2.75, 3.05) is 46.3 Å². The molecular weight excluding hydrogens is 346 g/mol. The van der Waals surface area contributed by atoms with Gasteiger partial charge in [0.25, 0.3) is 5.91 Å². The van der Waals surface area contributed by atoms with E-state index in [0.29, 0.717) is 23.7 Å². The number of hydrogen-bond donors (Lipinski definition) is 0. The lowest BCUT2D eigenvalue weighted by Crippen LogP contribution is -2.47.